The van der Waals surface area contributed by atoms with E-state index < -0.39 is 0 Å². The first-order chi connectivity index (χ1) is 24.5. The monoisotopic (exact) mass is 697 g/mol. The Bertz CT molecular complexity index is 1800. The number of carbonyl (C=O) groups excluding carboxylic acids is 1. The minimum atomic E-state index is -0.283. The van der Waals surface area contributed by atoms with Crippen LogP contribution in [0.5, 0.6) is 11.5 Å². The van der Waals surface area contributed by atoms with Gasteiger partial charge in [-0.15, -0.1) is 0 Å². The largest absolute Gasteiger partial charge is 0.455 e. The molecule has 4 aromatic rings. The molecule has 7 rings (SSSR count). The molecule has 0 radical (unpaired) electrons. The van der Waals surface area contributed by atoms with E-state index in [0.29, 0.717) is 28.7 Å². The second kappa shape index (κ2) is 16.2. The van der Waals surface area contributed by atoms with Crippen LogP contribution in [-0.4, -0.2) is 78.5 Å². The molecule has 5 N–H and O–H groups in total. The molecule has 2 aromatic heterocycles. The van der Waals surface area contributed by atoms with E-state index in [-0.39, 0.29) is 5.91 Å². The summed E-state index contributed by atoms with van der Waals surface area (Å²) in [7, 11) is 0. The van der Waals surface area contributed by atoms with Gasteiger partial charge in [0.15, 0.2) is 0 Å². The number of rotatable bonds is 12. The highest BCUT2D eigenvalue weighted by molar-refractivity contribution is 7.98. The van der Waals surface area contributed by atoms with Gasteiger partial charge in [0.25, 0.3) is 5.91 Å². The number of piperazine rings is 1. The van der Waals surface area contributed by atoms with Gasteiger partial charge in [-0.2, -0.15) is 0 Å². The summed E-state index contributed by atoms with van der Waals surface area (Å²) in [4.78, 5) is 27.0. The standard InChI is InChI=1S/C38H47N7O4S/c1-26-2-4-28(5-3-26)25-44-14-16-45(17-15-44)30-6-8-33(36(21-30)49-31-20-29-10-13-39-37(29)41-24-31)38(46)43-50-32-7-9-34(35(22-32)42-47)40-23-27-11-18-48-19-12-27/h2,6-10,13,20-22,24,27-28,40,42,47H,3-5,11-12,14-19,23,25H2,1H3,(H,39,41)(H,43,46). The number of ether oxygens (including phenoxy) is 2. The third kappa shape index (κ3) is 8.55. The predicted octanol–water partition coefficient (Wildman–Crippen LogP) is 7.30. The second-order valence-electron chi connectivity index (χ2n) is 13.6. The Labute approximate surface area is 297 Å². The van der Waals surface area contributed by atoms with Crippen molar-refractivity contribution in [2.45, 2.75) is 43.9 Å². The Balaban J connectivity index is 1.03. The number of benzene rings is 2. The molecule has 12 heteroatoms. The van der Waals surface area contributed by atoms with Crippen molar-refractivity contribution in [1.82, 2.24) is 19.6 Å². The molecule has 1 unspecified atom stereocenters. The van der Waals surface area contributed by atoms with Gasteiger partial charge in [-0.05, 0) is 105 Å². The van der Waals surface area contributed by atoms with Crippen molar-refractivity contribution < 1.29 is 19.5 Å². The molecule has 0 spiro atoms. The van der Waals surface area contributed by atoms with E-state index in [1.807, 2.05) is 48.7 Å². The van der Waals surface area contributed by atoms with Crippen molar-refractivity contribution in [3.8, 4) is 11.5 Å². The van der Waals surface area contributed by atoms with Crippen molar-refractivity contribution in [2.24, 2.45) is 11.8 Å². The summed E-state index contributed by atoms with van der Waals surface area (Å²) in [5.74, 6) is 2.02. The van der Waals surface area contributed by atoms with Gasteiger partial charge < -0.3 is 24.7 Å². The van der Waals surface area contributed by atoms with E-state index >= 15 is 0 Å². The van der Waals surface area contributed by atoms with Crippen molar-refractivity contribution in [3.05, 3.63) is 78.1 Å². The van der Waals surface area contributed by atoms with Crippen molar-refractivity contribution >= 4 is 46.0 Å². The number of aromatic nitrogens is 2. The maximum atomic E-state index is 13.7. The van der Waals surface area contributed by atoms with E-state index in [4.69, 9.17) is 9.47 Å². The van der Waals surface area contributed by atoms with Gasteiger partial charge in [0.2, 0.25) is 0 Å². The first-order valence-electron chi connectivity index (χ1n) is 17.7. The Morgan fingerprint density at radius 3 is 2.70 bits per heavy atom. The lowest BCUT2D eigenvalue weighted by atomic mass is 9.90. The SMILES string of the molecule is CC1=CCC(CN2CCN(c3ccc(C(=O)NSc4ccc(NCC5CCOCC5)c(NO)c4)c(Oc4cnc5[nH]ccc5c4)c3)CC2)CC1. The fourth-order valence-corrected chi connectivity index (χ4v) is 7.65. The molecule has 2 aliphatic heterocycles. The minimum absolute atomic E-state index is 0.283. The van der Waals surface area contributed by atoms with Crippen LogP contribution in [0, 0.1) is 11.8 Å². The first kappa shape index (κ1) is 34.2. The van der Waals surface area contributed by atoms with Crippen LogP contribution in [0.25, 0.3) is 11.0 Å². The number of pyridine rings is 1. The molecule has 4 heterocycles. The third-order valence-electron chi connectivity index (χ3n) is 10.1. The first-order valence-corrected chi connectivity index (χ1v) is 18.5. The van der Waals surface area contributed by atoms with Gasteiger partial charge in [-0.25, -0.2) is 4.98 Å². The van der Waals surface area contributed by atoms with E-state index in [1.165, 1.54) is 36.8 Å². The summed E-state index contributed by atoms with van der Waals surface area (Å²) < 4.78 is 14.8. The maximum absolute atomic E-state index is 13.7. The minimum Gasteiger partial charge on any atom is -0.455 e. The number of anilines is 3. The molecule has 3 aliphatic rings. The number of fused-ring (bicyclic) bond motifs is 1. The number of nitrogens with one attached hydrogen (secondary N) is 4. The highest BCUT2D eigenvalue weighted by atomic mass is 32.2. The molecule has 2 aromatic carbocycles. The molecule has 50 heavy (non-hydrogen) atoms. The number of H-pyrrole nitrogens is 1. The van der Waals surface area contributed by atoms with Crippen LogP contribution in [-0.2, 0) is 4.74 Å². The summed E-state index contributed by atoms with van der Waals surface area (Å²) in [6, 6.07) is 15.3. The number of allylic oxidation sites excluding steroid dienone is 2. The molecule has 1 atom stereocenters. The van der Waals surface area contributed by atoms with Crippen LogP contribution < -0.4 is 25.2 Å². The molecule has 1 amide bonds. The molecular weight excluding hydrogens is 651 g/mol. The number of aromatic amines is 1. The van der Waals surface area contributed by atoms with Gasteiger partial charge in [-0.1, -0.05) is 11.6 Å². The van der Waals surface area contributed by atoms with Crippen LogP contribution in [0.2, 0.25) is 0 Å². The quantitative estimate of drug-likeness (QED) is 0.0585. The Hall–Kier alpha value is -4.23. The summed E-state index contributed by atoms with van der Waals surface area (Å²) in [5, 5.41) is 14.2. The van der Waals surface area contributed by atoms with Crippen molar-refractivity contribution in [2.75, 3.05) is 68.2 Å². The normalized spacial score (nSPS) is 18.9. The molecular formula is C38H47N7O4S. The zero-order valence-electron chi connectivity index (χ0n) is 28.6. The van der Waals surface area contributed by atoms with Crippen LogP contribution in [0.4, 0.5) is 17.1 Å². The number of carbonyl (C=O) groups is 1. The molecule has 0 saturated carbocycles. The Morgan fingerprint density at radius 2 is 1.90 bits per heavy atom. The predicted molar refractivity (Wildman–Crippen MR) is 200 cm³/mol. The zero-order valence-corrected chi connectivity index (χ0v) is 29.4. The van der Waals surface area contributed by atoms with Crippen molar-refractivity contribution in [1.29, 1.82) is 0 Å². The molecule has 11 nitrogen and oxygen atoms in total. The van der Waals surface area contributed by atoms with Crippen LogP contribution in [0.3, 0.4) is 0 Å². The molecule has 264 valence electrons. The second-order valence-corrected chi connectivity index (χ2v) is 14.5. The van der Waals surface area contributed by atoms with E-state index in [2.05, 4.69) is 48.3 Å². The highest BCUT2D eigenvalue weighted by Crippen LogP contribution is 2.34. The van der Waals surface area contributed by atoms with Gasteiger partial charge in [-0.3, -0.25) is 25.1 Å². The van der Waals surface area contributed by atoms with E-state index in [9.17, 15) is 10.0 Å². The lowest BCUT2D eigenvalue weighted by Crippen LogP contribution is -2.48. The number of amides is 1. The molecule has 2 fully saturated rings. The maximum Gasteiger partial charge on any atom is 0.265 e. The van der Waals surface area contributed by atoms with E-state index in [0.717, 1.165) is 98.5 Å². The van der Waals surface area contributed by atoms with Crippen LogP contribution >= 0.6 is 11.9 Å². The summed E-state index contributed by atoms with van der Waals surface area (Å²) >= 11 is 1.19. The molecule has 1 aliphatic carbocycles. The van der Waals surface area contributed by atoms with Crippen molar-refractivity contribution in [3.63, 3.8) is 0 Å². The highest BCUT2D eigenvalue weighted by Gasteiger charge is 2.23. The number of hydrogen-bond acceptors (Lipinski definition) is 10. The van der Waals surface area contributed by atoms with Gasteiger partial charge in [0.05, 0.1) is 23.1 Å². The Kier molecular flexibility index (Phi) is 11.1. The topological polar surface area (TPSA) is 127 Å². The smallest absolute Gasteiger partial charge is 0.265 e. The molecule has 2 saturated heterocycles. The summed E-state index contributed by atoms with van der Waals surface area (Å²) in [6.45, 7) is 9.64. The fraction of sp³-hybridized carbons (Fsp3) is 0.421. The number of nitrogens with zero attached hydrogens (tertiary/aromatic N) is 3. The average Bonchev–Trinajstić information content (AvgIpc) is 3.63. The van der Waals surface area contributed by atoms with Gasteiger partial charge in [0.1, 0.15) is 17.1 Å². The average molecular weight is 698 g/mol. The lowest BCUT2D eigenvalue weighted by molar-refractivity contribution is 0.0699. The summed E-state index contributed by atoms with van der Waals surface area (Å²) in [6.07, 6.45) is 11.7. The third-order valence-corrected chi connectivity index (χ3v) is 10.9. The molecule has 0 bridgehead atoms. The number of hydrogen-bond donors (Lipinski definition) is 5. The van der Waals surface area contributed by atoms with Gasteiger partial charge in [0, 0.05) is 80.7 Å². The van der Waals surface area contributed by atoms with Gasteiger partial charge >= 0.3 is 0 Å². The fourth-order valence-electron chi connectivity index (χ4n) is 7.02. The Morgan fingerprint density at radius 1 is 1.04 bits per heavy atom. The summed E-state index contributed by atoms with van der Waals surface area (Å²) in [5.41, 5.74) is 7.40. The lowest BCUT2D eigenvalue weighted by Gasteiger charge is -2.38. The van der Waals surface area contributed by atoms with Crippen LogP contribution in [0.15, 0.2) is 77.5 Å². The van der Waals surface area contributed by atoms with Crippen LogP contribution in [0.1, 0.15) is 49.4 Å². The van der Waals surface area contributed by atoms with E-state index in [1.54, 1.807) is 12.3 Å². The zero-order chi connectivity index (χ0) is 34.3.